The molecule has 5 nitrogen and oxygen atoms in total. The quantitative estimate of drug-likeness (QED) is 0.940. The molecule has 1 aromatic carbocycles. The van der Waals surface area contributed by atoms with Crippen molar-refractivity contribution < 1.29 is 9.26 Å². The Kier molecular flexibility index (Phi) is 3.63. The lowest BCUT2D eigenvalue weighted by Gasteiger charge is -2.07. The smallest absolute Gasteiger partial charge is 0.223 e. The highest BCUT2D eigenvalue weighted by atomic mass is 79.9. The average molecular weight is 298 g/mol. The third-order valence-corrected chi connectivity index (χ3v) is 2.79. The molecule has 0 fully saturated rings. The lowest BCUT2D eigenvalue weighted by Crippen LogP contribution is -2.01. The summed E-state index contributed by atoms with van der Waals surface area (Å²) in [5.74, 6) is 2.00. The predicted octanol–water partition coefficient (Wildman–Crippen LogP) is 2.76. The summed E-state index contributed by atoms with van der Waals surface area (Å²) in [7, 11) is 1.63. The molecule has 0 aliphatic rings. The summed E-state index contributed by atoms with van der Waals surface area (Å²) in [6, 6.07) is 5.75. The molecule has 0 bridgehead atoms. The zero-order chi connectivity index (χ0) is 12.3. The van der Waals surface area contributed by atoms with Crippen molar-refractivity contribution >= 4 is 21.6 Å². The van der Waals surface area contributed by atoms with Gasteiger partial charge in [-0.15, -0.1) is 0 Å². The van der Waals surface area contributed by atoms with Crippen LogP contribution in [0.3, 0.4) is 0 Å². The molecule has 90 valence electrons. The highest BCUT2D eigenvalue weighted by molar-refractivity contribution is 9.10. The Balaban J connectivity index is 2.02. The topological polar surface area (TPSA) is 60.2 Å². The van der Waals surface area contributed by atoms with Gasteiger partial charge in [0, 0.05) is 12.6 Å². The first-order valence-electron chi connectivity index (χ1n) is 5.05. The van der Waals surface area contributed by atoms with E-state index in [0.717, 1.165) is 15.9 Å². The minimum Gasteiger partial charge on any atom is -0.496 e. The third kappa shape index (κ3) is 2.97. The van der Waals surface area contributed by atoms with E-state index in [9.17, 15) is 0 Å². The lowest BCUT2D eigenvalue weighted by molar-refractivity contribution is 0.388. The summed E-state index contributed by atoms with van der Waals surface area (Å²) in [5.41, 5.74) is 0.958. The summed E-state index contributed by atoms with van der Waals surface area (Å²) in [6.45, 7) is 2.29. The molecule has 0 atom stereocenters. The summed E-state index contributed by atoms with van der Waals surface area (Å²) in [6.07, 6.45) is 0. The maximum atomic E-state index is 5.15. The van der Waals surface area contributed by atoms with Gasteiger partial charge in [-0.25, -0.2) is 0 Å². The van der Waals surface area contributed by atoms with Crippen molar-refractivity contribution in [3.05, 3.63) is 34.4 Å². The van der Waals surface area contributed by atoms with Crippen LogP contribution in [-0.2, 0) is 6.54 Å². The Labute approximate surface area is 107 Å². The first-order valence-corrected chi connectivity index (χ1v) is 5.85. The van der Waals surface area contributed by atoms with Crippen LogP contribution in [0.25, 0.3) is 0 Å². The van der Waals surface area contributed by atoms with Crippen molar-refractivity contribution in [1.29, 1.82) is 0 Å². The number of hydrogen-bond acceptors (Lipinski definition) is 5. The molecule has 2 aromatic rings. The molecular formula is C11H12BrN3O2. The van der Waals surface area contributed by atoms with Crippen LogP contribution in [-0.4, -0.2) is 17.3 Å². The van der Waals surface area contributed by atoms with Crippen LogP contribution in [0.2, 0.25) is 0 Å². The van der Waals surface area contributed by atoms with E-state index in [1.807, 2.05) is 18.2 Å². The third-order valence-electron chi connectivity index (χ3n) is 2.17. The van der Waals surface area contributed by atoms with Gasteiger partial charge in [-0.3, -0.25) is 0 Å². The zero-order valence-electron chi connectivity index (χ0n) is 9.53. The number of aryl methyl sites for hydroxylation is 1. The Morgan fingerprint density at radius 1 is 1.47 bits per heavy atom. The van der Waals surface area contributed by atoms with Crippen molar-refractivity contribution in [3.63, 3.8) is 0 Å². The zero-order valence-corrected chi connectivity index (χ0v) is 11.1. The highest BCUT2D eigenvalue weighted by Crippen LogP contribution is 2.27. The maximum absolute atomic E-state index is 5.15. The van der Waals surface area contributed by atoms with E-state index in [0.29, 0.717) is 18.3 Å². The number of hydrogen-bond donors (Lipinski definition) is 1. The molecule has 0 aliphatic carbocycles. The number of nitrogens with one attached hydrogen (secondary N) is 1. The second-order valence-corrected chi connectivity index (χ2v) is 4.29. The van der Waals surface area contributed by atoms with E-state index in [-0.39, 0.29) is 0 Å². The first-order chi connectivity index (χ1) is 8.19. The summed E-state index contributed by atoms with van der Waals surface area (Å²) < 4.78 is 10.9. The van der Waals surface area contributed by atoms with Crippen LogP contribution in [0.4, 0.5) is 5.69 Å². The van der Waals surface area contributed by atoms with Gasteiger partial charge in [-0.05, 0) is 34.1 Å². The van der Waals surface area contributed by atoms with Crippen molar-refractivity contribution in [2.45, 2.75) is 13.5 Å². The van der Waals surface area contributed by atoms with Crippen LogP contribution in [0.5, 0.6) is 5.75 Å². The molecule has 2 rings (SSSR count). The minimum atomic E-state index is 0.524. The number of rotatable bonds is 4. The Morgan fingerprint density at radius 3 is 2.88 bits per heavy atom. The molecule has 0 saturated heterocycles. The lowest BCUT2D eigenvalue weighted by atomic mass is 10.3. The minimum absolute atomic E-state index is 0.524. The fourth-order valence-electron chi connectivity index (χ4n) is 1.37. The highest BCUT2D eigenvalue weighted by Gasteiger charge is 2.04. The predicted molar refractivity (Wildman–Crippen MR) is 67.1 cm³/mol. The maximum Gasteiger partial charge on any atom is 0.223 e. The van der Waals surface area contributed by atoms with Crippen molar-refractivity contribution in [3.8, 4) is 5.75 Å². The van der Waals surface area contributed by atoms with Gasteiger partial charge in [0.1, 0.15) is 5.75 Å². The van der Waals surface area contributed by atoms with Crippen molar-refractivity contribution in [2.75, 3.05) is 12.4 Å². The number of anilines is 1. The molecule has 0 amide bonds. The van der Waals surface area contributed by atoms with E-state index in [2.05, 4.69) is 31.4 Å². The molecule has 0 saturated carbocycles. The Morgan fingerprint density at radius 2 is 2.29 bits per heavy atom. The normalized spacial score (nSPS) is 10.3. The monoisotopic (exact) mass is 297 g/mol. The van der Waals surface area contributed by atoms with Crippen LogP contribution < -0.4 is 10.1 Å². The molecular weight excluding hydrogens is 286 g/mol. The van der Waals surface area contributed by atoms with E-state index < -0.39 is 0 Å². The molecule has 0 radical (unpaired) electrons. The van der Waals surface area contributed by atoms with Gasteiger partial charge in [0.2, 0.25) is 5.89 Å². The molecule has 17 heavy (non-hydrogen) atoms. The molecule has 1 N–H and O–H groups in total. The van der Waals surface area contributed by atoms with Gasteiger partial charge in [-0.2, -0.15) is 4.98 Å². The number of ether oxygens (including phenoxy) is 1. The SMILES string of the molecule is COc1ccc(NCc2noc(C)n2)cc1Br. The van der Waals surface area contributed by atoms with Crippen LogP contribution in [0.1, 0.15) is 11.7 Å². The number of nitrogens with zero attached hydrogens (tertiary/aromatic N) is 2. The van der Waals surface area contributed by atoms with Gasteiger partial charge in [0.15, 0.2) is 5.82 Å². The van der Waals surface area contributed by atoms with E-state index in [1.54, 1.807) is 14.0 Å². The molecule has 6 heteroatoms. The van der Waals surface area contributed by atoms with E-state index in [1.165, 1.54) is 0 Å². The van der Waals surface area contributed by atoms with Gasteiger partial charge >= 0.3 is 0 Å². The number of benzene rings is 1. The second-order valence-electron chi connectivity index (χ2n) is 3.43. The molecule has 0 spiro atoms. The number of halogens is 1. The summed E-state index contributed by atoms with van der Waals surface area (Å²) in [4.78, 5) is 4.11. The fraction of sp³-hybridized carbons (Fsp3) is 0.273. The molecule has 1 heterocycles. The van der Waals surface area contributed by atoms with Crippen LogP contribution in [0, 0.1) is 6.92 Å². The molecule has 0 aliphatic heterocycles. The second kappa shape index (κ2) is 5.18. The summed E-state index contributed by atoms with van der Waals surface area (Å²) >= 11 is 3.42. The number of aromatic nitrogens is 2. The van der Waals surface area contributed by atoms with Crippen molar-refractivity contribution in [1.82, 2.24) is 10.1 Å². The average Bonchev–Trinajstić information content (AvgIpc) is 2.73. The fourth-order valence-corrected chi connectivity index (χ4v) is 1.91. The Bertz CT molecular complexity index is 513. The first kappa shape index (κ1) is 11.9. The van der Waals surface area contributed by atoms with Crippen molar-refractivity contribution in [2.24, 2.45) is 0 Å². The summed E-state index contributed by atoms with van der Waals surface area (Å²) in [5, 5.41) is 7.00. The van der Waals surface area contributed by atoms with Crippen LogP contribution >= 0.6 is 15.9 Å². The number of methoxy groups -OCH3 is 1. The van der Waals surface area contributed by atoms with E-state index in [4.69, 9.17) is 9.26 Å². The van der Waals surface area contributed by atoms with Gasteiger partial charge < -0.3 is 14.6 Å². The Hall–Kier alpha value is -1.56. The van der Waals surface area contributed by atoms with Gasteiger partial charge in [-0.1, -0.05) is 5.16 Å². The molecule has 0 unspecified atom stereocenters. The molecule has 1 aromatic heterocycles. The largest absolute Gasteiger partial charge is 0.496 e. The van der Waals surface area contributed by atoms with Gasteiger partial charge in [0.05, 0.1) is 18.1 Å². The van der Waals surface area contributed by atoms with E-state index >= 15 is 0 Å². The standard InChI is InChI=1S/C11H12BrN3O2/c1-7-14-11(15-17-7)6-13-8-3-4-10(16-2)9(12)5-8/h3-5,13H,6H2,1-2H3. The van der Waals surface area contributed by atoms with Gasteiger partial charge in [0.25, 0.3) is 0 Å². The van der Waals surface area contributed by atoms with Crippen LogP contribution in [0.15, 0.2) is 27.2 Å².